The van der Waals surface area contributed by atoms with Crippen molar-refractivity contribution in [3.8, 4) is 0 Å². The fourth-order valence-corrected chi connectivity index (χ4v) is 2.10. The lowest BCUT2D eigenvalue weighted by Crippen LogP contribution is -2.46. The molecule has 0 aliphatic heterocycles. The van der Waals surface area contributed by atoms with E-state index in [0.29, 0.717) is 5.56 Å². The van der Waals surface area contributed by atoms with Gasteiger partial charge in [-0.05, 0) is 66.9 Å². The number of hydrogen-bond donors (Lipinski definition) is 1. The molecule has 1 atom stereocenters. The lowest BCUT2D eigenvalue weighted by Gasteiger charge is -2.27. The van der Waals surface area contributed by atoms with Crippen LogP contribution in [0.3, 0.4) is 0 Å². The van der Waals surface area contributed by atoms with Gasteiger partial charge in [0.2, 0.25) is 0 Å². The minimum Gasteiger partial charge on any atom is -0.337 e. The molecule has 0 bridgehead atoms. The smallest absolute Gasteiger partial charge is 0.252 e. The Labute approximate surface area is 117 Å². The molecule has 1 N–H and O–H groups in total. The predicted octanol–water partition coefficient (Wildman–Crippen LogP) is 2.71. The number of nitrogens with zero attached hydrogens (tertiary/aromatic N) is 1. The van der Waals surface area contributed by atoms with Gasteiger partial charge in [0.15, 0.2) is 0 Å². The van der Waals surface area contributed by atoms with Crippen molar-refractivity contribution >= 4 is 28.5 Å². The molecule has 1 amide bonds. The summed E-state index contributed by atoms with van der Waals surface area (Å²) in [7, 11) is 0. The molecule has 17 heavy (non-hydrogen) atoms. The van der Waals surface area contributed by atoms with E-state index in [1.54, 1.807) is 0 Å². The van der Waals surface area contributed by atoms with Crippen LogP contribution in [0.25, 0.3) is 0 Å². The van der Waals surface area contributed by atoms with Gasteiger partial charge in [-0.2, -0.15) is 0 Å². The van der Waals surface area contributed by atoms with Crippen LogP contribution in [-0.2, 0) is 0 Å². The highest BCUT2D eigenvalue weighted by Crippen LogP contribution is 2.07. The number of benzene rings is 1. The van der Waals surface area contributed by atoms with E-state index in [2.05, 4.69) is 46.7 Å². The summed E-state index contributed by atoms with van der Waals surface area (Å²) in [6.07, 6.45) is 0.0665. The normalized spacial score (nSPS) is 12.5. The molecule has 1 unspecified atom stereocenters. The third kappa shape index (κ3) is 4.27. The Morgan fingerprint density at radius 1 is 1.29 bits per heavy atom. The Bertz CT molecular complexity index is 360. The Kier molecular flexibility index (Phi) is 5.91. The zero-order valence-electron chi connectivity index (χ0n) is 10.5. The van der Waals surface area contributed by atoms with Crippen LogP contribution >= 0.6 is 22.6 Å². The molecule has 1 aromatic carbocycles. The summed E-state index contributed by atoms with van der Waals surface area (Å²) in [6, 6.07) is 7.59. The Balaban J connectivity index is 2.62. The summed E-state index contributed by atoms with van der Waals surface area (Å²) in [6.45, 7) is 8.07. The highest BCUT2D eigenvalue weighted by atomic mass is 127. The molecular weight excluding hydrogens is 327 g/mol. The molecule has 0 aromatic heterocycles. The number of nitrogens with one attached hydrogen (secondary N) is 1. The minimum atomic E-state index is -0.0131. The summed E-state index contributed by atoms with van der Waals surface area (Å²) in [4.78, 5) is 14.2. The van der Waals surface area contributed by atoms with Crippen LogP contribution in [0.5, 0.6) is 0 Å². The van der Waals surface area contributed by atoms with Crippen molar-refractivity contribution in [2.24, 2.45) is 0 Å². The maximum atomic E-state index is 12.0. The van der Waals surface area contributed by atoms with Gasteiger partial charge in [-0.1, -0.05) is 13.8 Å². The van der Waals surface area contributed by atoms with E-state index in [0.717, 1.165) is 16.7 Å². The van der Waals surface area contributed by atoms with Crippen LogP contribution in [-0.4, -0.2) is 30.1 Å². The van der Waals surface area contributed by atoms with Gasteiger partial charge in [0.25, 0.3) is 5.91 Å². The second-order valence-corrected chi connectivity index (χ2v) is 5.12. The molecule has 0 aliphatic carbocycles. The number of hydrogen-bond acceptors (Lipinski definition) is 2. The molecule has 0 fully saturated rings. The first-order valence-corrected chi connectivity index (χ1v) is 6.96. The molecule has 0 heterocycles. The fourth-order valence-electron chi connectivity index (χ4n) is 1.74. The SMILES string of the molecule is CCN(CC)C(C)NC(=O)c1ccc(I)cc1. The topological polar surface area (TPSA) is 32.3 Å². The molecule has 0 aliphatic rings. The van der Waals surface area contributed by atoms with E-state index in [4.69, 9.17) is 0 Å². The fraction of sp³-hybridized carbons (Fsp3) is 0.462. The molecule has 4 heteroatoms. The van der Waals surface area contributed by atoms with Gasteiger partial charge in [0, 0.05) is 9.13 Å². The summed E-state index contributed by atoms with van der Waals surface area (Å²) in [5.74, 6) is -0.0131. The maximum Gasteiger partial charge on any atom is 0.252 e. The number of carbonyl (C=O) groups is 1. The van der Waals surface area contributed by atoms with Crippen molar-refractivity contribution in [2.45, 2.75) is 26.9 Å². The van der Waals surface area contributed by atoms with E-state index in [1.807, 2.05) is 31.2 Å². The zero-order valence-corrected chi connectivity index (χ0v) is 12.7. The van der Waals surface area contributed by atoms with Crippen LogP contribution in [0, 0.1) is 3.57 Å². The van der Waals surface area contributed by atoms with Crippen molar-refractivity contribution in [1.29, 1.82) is 0 Å². The van der Waals surface area contributed by atoms with Crippen LogP contribution in [0.2, 0.25) is 0 Å². The first kappa shape index (κ1) is 14.4. The Hall–Kier alpha value is -0.620. The summed E-state index contributed by atoms with van der Waals surface area (Å²) < 4.78 is 1.14. The molecule has 94 valence electrons. The second kappa shape index (κ2) is 6.96. The highest BCUT2D eigenvalue weighted by Gasteiger charge is 2.13. The van der Waals surface area contributed by atoms with Gasteiger partial charge >= 0.3 is 0 Å². The van der Waals surface area contributed by atoms with E-state index in [9.17, 15) is 4.79 Å². The summed E-state index contributed by atoms with van der Waals surface area (Å²) >= 11 is 2.23. The maximum absolute atomic E-state index is 12.0. The molecule has 0 saturated carbocycles. The van der Waals surface area contributed by atoms with Gasteiger partial charge in [0.05, 0.1) is 6.17 Å². The van der Waals surface area contributed by atoms with Crippen LogP contribution in [0.4, 0.5) is 0 Å². The Morgan fingerprint density at radius 2 is 1.82 bits per heavy atom. The molecule has 0 saturated heterocycles. The van der Waals surface area contributed by atoms with Gasteiger partial charge in [-0.3, -0.25) is 9.69 Å². The molecule has 1 aromatic rings. The lowest BCUT2D eigenvalue weighted by molar-refractivity contribution is 0.0875. The first-order chi connectivity index (χ1) is 8.08. The molecule has 0 radical (unpaired) electrons. The molecule has 1 rings (SSSR count). The monoisotopic (exact) mass is 346 g/mol. The van der Waals surface area contributed by atoms with Gasteiger partial charge in [0.1, 0.15) is 0 Å². The summed E-state index contributed by atoms with van der Waals surface area (Å²) in [5, 5.41) is 3.00. The molecule has 0 spiro atoms. The van der Waals surface area contributed by atoms with Crippen LogP contribution < -0.4 is 5.32 Å². The standard InChI is InChI=1S/C13H19IN2O/c1-4-16(5-2)10(3)15-13(17)11-6-8-12(14)9-7-11/h6-10H,4-5H2,1-3H3,(H,15,17). The summed E-state index contributed by atoms with van der Waals surface area (Å²) in [5.41, 5.74) is 0.712. The average molecular weight is 346 g/mol. The number of halogens is 1. The van der Waals surface area contributed by atoms with Crippen LogP contribution in [0.15, 0.2) is 24.3 Å². The van der Waals surface area contributed by atoms with E-state index >= 15 is 0 Å². The van der Waals surface area contributed by atoms with Crippen LogP contribution in [0.1, 0.15) is 31.1 Å². The predicted molar refractivity (Wildman–Crippen MR) is 79.0 cm³/mol. The minimum absolute atomic E-state index is 0.0131. The van der Waals surface area contributed by atoms with Crippen molar-refractivity contribution in [3.63, 3.8) is 0 Å². The van der Waals surface area contributed by atoms with E-state index < -0.39 is 0 Å². The highest BCUT2D eigenvalue weighted by molar-refractivity contribution is 14.1. The van der Waals surface area contributed by atoms with E-state index in [1.165, 1.54) is 0 Å². The lowest BCUT2D eigenvalue weighted by atomic mass is 10.2. The van der Waals surface area contributed by atoms with Crippen molar-refractivity contribution in [1.82, 2.24) is 10.2 Å². The van der Waals surface area contributed by atoms with Gasteiger partial charge in [-0.25, -0.2) is 0 Å². The van der Waals surface area contributed by atoms with Crippen molar-refractivity contribution in [2.75, 3.05) is 13.1 Å². The van der Waals surface area contributed by atoms with Gasteiger partial charge in [-0.15, -0.1) is 0 Å². The third-order valence-electron chi connectivity index (χ3n) is 2.81. The molecule has 3 nitrogen and oxygen atoms in total. The average Bonchev–Trinajstić information content (AvgIpc) is 2.31. The number of carbonyl (C=O) groups excluding carboxylic acids is 1. The third-order valence-corrected chi connectivity index (χ3v) is 3.53. The second-order valence-electron chi connectivity index (χ2n) is 3.88. The van der Waals surface area contributed by atoms with Crippen molar-refractivity contribution < 1.29 is 4.79 Å². The quantitative estimate of drug-likeness (QED) is 0.657. The first-order valence-electron chi connectivity index (χ1n) is 5.89. The van der Waals surface area contributed by atoms with Gasteiger partial charge < -0.3 is 5.32 Å². The Morgan fingerprint density at radius 3 is 2.29 bits per heavy atom. The number of amides is 1. The van der Waals surface area contributed by atoms with E-state index in [-0.39, 0.29) is 12.1 Å². The number of rotatable bonds is 5. The molecular formula is C13H19IN2O. The zero-order chi connectivity index (χ0) is 12.8. The largest absolute Gasteiger partial charge is 0.337 e. The van der Waals surface area contributed by atoms with Crippen molar-refractivity contribution in [3.05, 3.63) is 33.4 Å².